The number of ether oxygens (including phenoxy) is 1. The molecule has 0 amide bonds. The number of imidazole rings is 1. The molecule has 6 rings (SSSR count). The van der Waals surface area contributed by atoms with Gasteiger partial charge in [-0.05, 0) is 49.2 Å². The van der Waals surface area contributed by atoms with Crippen molar-refractivity contribution in [3.8, 4) is 11.5 Å². The highest BCUT2D eigenvalue weighted by Gasteiger charge is 2.49. The van der Waals surface area contributed by atoms with E-state index in [-0.39, 0.29) is 18.9 Å². The molecule has 1 unspecified atom stereocenters. The Morgan fingerprint density at radius 3 is 2.65 bits per heavy atom. The predicted octanol–water partition coefficient (Wildman–Crippen LogP) is 5.29. The third kappa shape index (κ3) is 4.24. The minimum atomic E-state index is -4.34. The molecule has 0 aliphatic carbocycles. The molecule has 9 nitrogen and oxygen atoms in total. The van der Waals surface area contributed by atoms with E-state index in [4.69, 9.17) is 4.74 Å². The molecule has 1 aliphatic rings. The fourth-order valence-electron chi connectivity index (χ4n) is 4.33. The average Bonchev–Trinajstić information content (AvgIpc) is 3.19. The van der Waals surface area contributed by atoms with Crippen molar-refractivity contribution < 1.29 is 17.9 Å². The van der Waals surface area contributed by atoms with Gasteiger partial charge in [0.05, 0.1) is 23.6 Å². The number of halogens is 3. The van der Waals surface area contributed by atoms with Gasteiger partial charge in [-0.3, -0.25) is 0 Å². The second-order valence-corrected chi connectivity index (χ2v) is 8.88. The van der Waals surface area contributed by atoms with Crippen molar-refractivity contribution in [1.82, 2.24) is 29.5 Å². The normalized spacial score (nSPS) is 15.7. The molecule has 12 heteroatoms. The number of hydrogen-bond acceptors (Lipinski definition) is 8. The fourth-order valence-corrected chi connectivity index (χ4v) is 4.33. The Kier molecular flexibility index (Phi) is 5.32. The van der Waals surface area contributed by atoms with Crippen LogP contribution in [0.15, 0.2) is 55.2 Å². The third-order valence-corrected chi connectivity index (χ3v) is 6.38. The van der Waals surface area contributed by atoms with E-state index in [1.165, 1.54) is 12.5 Å². The van der Waals surface area contributed by atoms with E-state index >= 15 is 0 Å². The number of aromatic nitrogens is 6. The smallest absolute Gasteiger partial charge is 0.408 e. The average molecular weight is 506 g/mol. The molecular weight excluding hydrogens is 485 g/mol. The van der Waals surface area contributed by atoms with E-state index < -0.39 is 12.2 Å². The maximum atomic E-state index is 13.2. The van der Waals surface area contributed by atoms with Crippen molar-refractivity contribution in [2.75, 3.05) is 16.8 Å². The summed E-state index contributed by atoms with van der Waals surface area (Å²) >= 11 is 0. The van der Waals surface area contributed by atoms with Crippen LogP contribution in [0.1, 0.15) is 12.0 Å². The molecule has 0 radical (unpaired) electrons. The lowest BCUT2D eigenvalue weighted by Crippen LogP contribution is -2.56. The zero-order chi connectivity index (χ0) is 25.7. The van der Waals surface area contributed by atoms with Gasteiger partial charge >= 0.3 is 6.18 Å². The van der Waals surface area contributed by atoms with Crippen LogP contribution < -0.4 is 15.0 Å². The second-order valence-electron chi connectivity index (χ2n) is 8.88. The minimum absolute atomic E-state index is 0.00345. The Balaban J connectivity index is 1.25. The maximum absolute atomic E-state index is 13.2. The quantitative estimate of drug-likeness (QED) is 0.344. The zero-order valence-electron chi connectivity index (χ0n) is 19.9. The lowest BCUT2D eigenvalue weighted by molar-refractivity contribution is -0.160. The summed E-state index contributed by atoms with van der Waals surface area (Å²) in [5.74, 6) is 1.72. The maximum Gasteiger partial charge on any atom is 0.408 e. The van der Waals surface area contributed by atoms with Gasteiger partial charge in [-0.2, -0.15) is 13.2 Å². The highest BCUT2D eigenvalue weighted by Crippen LogP contribution is 2.36. The zero-order valence-corrected chi connectivity index (χ0v) is 19.9. The van der Waals surface area contributed by atoms with Crippen LogP contribution in [0, 0.1) is 6.92 Å². The van der Waals surface area contributed by atoms with Gasteiger partial charge < -0.3 is 19.5 Å². The van der Waals surface area contributed by atoms with E-state index in [1.807, 2.05) is 54.9 Å². The van der Waals surface area contributed by atoms with Crippen LogP contribution in [0.2, 0.25) is 0 Å². The minimum Gasteiger partial charge on any atom is -0.457 e. The molecular formula is C25H21F3N8O. The van der Waals surface area contributed by atoms with Crippen LogP contribution in [0.3, 0.4) is 0 Å². The molecule has 37 heavy (non-hydrogen) atoms. The van der Waals surface area contributed by atoms with E-state index in [9.17, 15) is 13.2 Å². The first kappa shape index (κ1) is 23.0. The molecule has 1 atom stereocenters. The monoisotopic (exact) mass is 506 g/mol. The summed E-state index contributed by atoms with van der Waals surface area (Å²) in [4.78, 5) is 22.4. The first-order valence-electron chi connectivity index (χ1n) is 11.5. The van der Waals surface area contributed by atoms with Crippen LogP contribution in [0.4, 0.5) is 30.6 Å². The Labute approximate surface area is 209 Å². The summed E-state index contributed by atoms with van der Waals surface area (Å²) in [6.07, 6.45) is 0.203. The summed E-state index contributed by atoms with van der Waals surface area (Å²) in [5.41, 5.74) is 4.19. The molecule has 1 N–H and O–H groups in total. The Morgan fingerprint density at radius 1 is 1.03 bits per heavy atom. The standard InChI is InChI=1S/C25H21F3N8O/c1-14-9-15(3-6-20(14)37-16-4-5-19-17(10-16)32-13-35(19)2)33-23-22-18(30-12-31-23)11-29-24(34-22)36-8-7-21(36)25(26,27)28/h3-6,9-13,21H,7-8H2,1-2H3,(H,30,31,33). The Hall–Kier alpha value is -4.48. The number of hydrogen-bond donors (Lipinski definition) is 1. The van der Waals surface area contributed by atoms with Crippen LogP contribution in [-0.4, -0.2) is 48.2 Å². The van der Waals surface area contributed by atoms with Crippen LogP contribution >= 0.6 is 0 Å². The van der Waals surface area contributed by atoms with Gasteiger partial charge in [-0.15, -0.1) is 0 Å². The summed E-state index contributed by atoms with van der Waals surface area (Å²) in [7, 11) is 1.93. The molecule has 0 spiro atoms. The van der Waals surface area contributed by atoms with E-state index in [0.29, 0.717) is 34.0 Å². The highest BCUT2D eigenvalue weighted by atomic mass is 19.4. The van der Waals surface area contributed by atoms with Gasteiger partial charge in [0.1, 0.15) is 34.9 Å². The van der Waals surface area contributed by atoms with Gasteiger partial charge in [0.15, 0.2) is 5.82 Å². The van der Waals surface area contributed by atoms with Crippen LogP contribution in [0.25, 0.3) is 22.1 Å². The van der Waals surface area contributed by atoms with Crippen molar-refractivity contribution in [3.63, 3.8) is 0 Å². The van der Waals surface area contributed by atoms with Gasteiger partial charge in [-0.1, -0.05) is 0 Å². The summed E-state index contributed by atoms with van der Waals surface area (Å²) in [6.45, 7) is 2.15. The van der Waals surface area contributed by atoms with Crippen molar-refractivity contribution >= 4 is 39.5 Å². The van der Waals surface area contributed by atoms with Crippen LogP contribution in [-0.2, 0) is 7.05 Å². The molecule has 5 aromatic rings. The van der Waals surface area contributed by atoms with Crippen molar-refractivity contribution in [2.45, 2.75) is 25.6 Å². The number of alkyl halides is 3. The largest absolute Gasteiger partial charge is 0.457 e. The number of fused-ring (bicyclic) bond motifs is 2. The van der Waals surface area contributed by atoms with Crippen LogP contribution in [0.5, 0.6) is 11.5 Å². The molecule has 4 heterocycles. The Morgan fingerprint density at radius 2 is 1.89 bits per heavy atom. The number of rotatable bonds is 5. The molecule has 2 aromatic carbocycles. The van der Waals surface area contributed by atoms with Crippen molar-refractivity contribution in [1.29, 1.82) is 0 Å². The van der Waals surface area contributed by atoms with E-state index in [2.05, 4.69) is 30.2 Å². The molecule has 1 aliphatic heterocycles. The predicted molar refractivity (Wildman–Crippen MR) is 132 cm³/mol. The molecule has 1 fully saturated rings. The number of anilines is 3. The topological polar surface area (TPSA) is 93.9 Å². The van der Waals surface area contributed by atoms with Crippen molar-refractivity contribution in [3.05, 3.63) is 60.8 Å². The highest BCUT2D eigenvalue weighted by molar-refractivity contribution is 5.87. The molecule has 3 aromatic heterocycles. The molecule has 0 saturated carbocycles. The van der Waals surface area contributed by atoms with E-state index in [0.717, 1.165) is 21.5 Å². The first-order valence-corrected chi connectivity index (χ1v) is 11.5. The van der Waals surface area contributed by atoms with Gasteiger partial charge in [0.2, 0.25) is 5.95 Å². The SMILES string of the molecule is Cc1cc(Nc2ncnc3cnc(N4CCC4C(F)(F)F)nc23)ccc1Oc1ccc2c(c1)ncn2C. The number of benzene rings is 2. The molecule has 188 valence electrons. The van der Waals surface area contributed by atoms with Gasteiger partial charge in [0, 0.05) is 25.3 Å². The van der Waals surface area contributed by atoms with E-state index in [1.54, 1.807) is 6.33 Å². The van der Waals surface area contributed by atoms with Crippen molar-refractivity contribution in [2.24, 2.45) is 7.05 Å². The van der Waals surface area contributed by atoms with Gasteiger partial charge in [-0.25, -0.2) is 24.9 Å². The summed E-state index contributed by atoms with van der Waals surface area (Å²) < 4.78 is 47.8. The fraction of sp³-hybridized carbons (Fsp3) is 0.240. The molecule has 1 saturated heterocycles. The number of nitrogens with zero attached hydrogens (tertiary/aromatic N) is 7. The second kappa shape index (κ2) is 8.57. The number of nitrogens with one attached hydrogen (secondary N) is 1. The third-order valence-electron chi connectivity index (χ3n) is 6.38. The lowest BCUT2D eigenvalue weighted by atomic mass is 10.0. The molecule has 0 bridgehead atoms. The Bertz CT molecular complexity index is 1630. The first-order chi connectivity index (χ1) is 17.8. The number of aryl methyl sites for hydroxylation is 2. The summed E-state index contributed by atoms with van der Waals surface area (Å²) in [6, 6.07) is 9.69. The summed E-state index contributed by atoms with van der Waals surface area (Å²) in [5, 5.41) is 3.20. The lowest BCUT2D eigenvalue weighted by Gasteiger charge is -2.41. The van der Waals surface area contributed by atoms with Gasteiger partial charge in [0.25, 0.3) is 0 Å².